The van der Waals surface area contributed by atoms with Gasteiger partial charge in [-0.3, -0.25) is 4.79 Å². The van der Waals surface area contributed by atoms with E-state index in [1.54, 1.807) is 11.3 Å². The van der Waals surface area contributed by atoms with Crippen molar-refractivity contribution in [2.24, 2.45) is 0 Å². The highest BCUT2D eigenvalue weighted by Gasteiger charge is 2.32. The summed E-state index contributed by atoms with van der Waals surface area (Å²) in [6.45, 7) is 4.02. The first kappa shape index (κ1) is 14.0. The third kappa shape index (κ3) is 2.80. The number of fused-ring (bicyclic) bond motifs is 1. The maximum Gasteiger partial charge on any atom is 0.251 e. The van der Waals surface area contributed by atoms with E-state index in [9.17, 15) is 4.79 Å². The number of rotatable bonds is 3. The highest BCUT2D eigenvalue weighted by atomic mass is 32.1. The van der Waals surface area contributed by atoms with Crippen LogP contribution in [0.3, 0.4) is 0 Å². The number of morpholine rings is 1. The summed E-state index contributed by atoms with van der Waals surface area (Å²) in [5.41, 5.74) is 2.27. The molecule has 4 rings (SSSR count). The van der Waals surface area contributed by atoms with E-state index in [1.165, 1.54) is 10.3 Å². The fourth-order valence-corrected chi connectivity index (χ4v) is 3.76. The minimum Gasteiger partial charge on any atom is -0.365 e. The lowest BCUT2D eigenvalue weighted by Crippen LogP contribution is -2.50. The SMILES string of the molecule is Cc1ccc2nc(N3CCOC(C(=O)NC4CC4)C3)sc2c1. The highest BCUT2D eigenvalue weighted by Crippen LogP contribution is 2.30. The summed E-state index contributed by atoms with van der Waals surface area (Å²) in [6, 6.07) is 6.67. The van der Waals surface area contributed by atoms with Crippen LogP contribution in [0.1, 0.15) is 18.4 Å². The average Bonchev–Trinajstić information content (AvgIpc) is 3.23. The fraction of sp³-hybridized carbons (Fsp3) is 0.500. The average molecular weight is 317 g/mol. The van der Waals surface area contributed by atoms with Crippen molar-refractivity contribution in [3.8, 4) is 0 Å². The van der Waals surface area contributed by atoms with E-state index < -0.39 is 0 Å². The van der Waals surface area contributed by atoms with Crippen LogP contribution in [0.15, 0.2) is 18.2 Å². The number of hydrogen-bond acceptors (Lipinski definition) is 5. The van der Waals surface area contributed by atoms with Gasteiger partial charge in [0, 0.05) is 12.6 Å². The molecule has 1 unspecified atom stereocenters. The third-order valence-electron chi connectivity index (χ3n) is 4.09. The molecular weight excluding hydrogens is 298 g/mol. The molecule has 1 amide bonds. The Morgan fingerprint density at radius 2 is 2.32 bits per heavy atom. The molecule has 0 spiro atoms. The van der Waals surface area contributed by atoms with Gasteiger partial charge in [0.25, 0.3) is 5.91 Å². The third-order valence-corrected chi connectivity index (χ3v) is 5.16. The van der Waals surface area contributed by atoms with Crippen molar-refractivity contribution in [3.63, 3.8) is 0 Å². The van der Waals surface area contributed by atoms with E-state index in [2.05, 4.69) is 35.3 Å². The summed E-state index contributed by atoms with van der Waals surface area (Å²) in [6.07, 6.45) is 1.81. The molecule has 1 atom stereocenters. The summed E-state index contributed by atoms with van der Waals surface area (Å²) in [5.74, 6) is 0.0177. The molecule has 116 valence electrons. The molecular formula is C16H19N3O2S. The number of thiazole rings is 1. The Kier molecular flexibility index (Phi) is 3.50. The molecule has 1 aromatic heterocycles. The summed E-state index contributed by atoms with van der Waals surface area (Å²) in [4.78, 5) is 19.0. The van der Waals surface area contributed by atoms with Crippen molar-refractivity contribution < 1.29 is 9.53 Å². The number of carbonyl (C=O) groups is 1. The van der Waals surface area contributed by atoms with Gasteiger partial charge in [-0.05, 0) is 37.5 Å². The lowest BCUT2D eigenvalue weighted by atomic mass is 10.2. The minimum atomic E-state index is -0.386. The van der Waals surface area contributed by atoms with Crippen LogP contribution in [0.4, 0.5) is 5.13 Å². The van der Waals surface area contributed by atoms with Crippen LogP contribution in [0.2, 0.25) is 0 Å². The topological polar surface area (TPSA) is 54.5 Å². The maximum absolute atomic E-state index is 12.2. The molecule has 1 N–H and O–H groups in total. The molecule has 1 aliphatic carbocycles. The van der Waals surface area contributed by atoms with Crippen molar-refractivity contribution in [1.82, 2.24) is 10.3 Å². The molecule has 0 radical (unpaired) electrons. The van der Waals surface area contributed by atoms with Gasteiger partial charge >= 0.3 is 0 Å². The van der Waals surface area contributed by atoms with Crippen LogP contribution in [0.25, 0.3) is 10.2 Å². The van der Waals surface area contributed by atoms with Crippen molar-refractivity contribution in [2.75, 3.05) is 24.6 Å². The number of ether oxygens (including phenoxy) is 1. The standard InChI is InChI=1S/C16H19N3O2S/c1-10-2-5-12-14(8-10)22-16(18-12)19-6-7-21-13(9-19)15(20)17-11-3-4-11/h2,5,8,11,13H,3-4,6-7,9H2,1H3,(H,17,20). The van der Waals surface area contributed by atoms with Crippen LogP contribution < -0.4 is 10.2 Å². The van der Waals surface area contributed by atoms with Crippen LogP contribution >= 0.6 is 11.3 Å². The number of aryl methyl sites for hydroxylation is 1. The second kappa shape index (κ2) is 5.52. The summed E-state index contributed by atoms with van der Waals surface area (Å²) >= 11 is 1.69. The van der Waals surface area contributed by atoms with Crippen molar-refractivity contribution in [2.45, 2.75) is 31.9 Å². The van der Waals surface area contributed by atoms with E-state index in [-0.39, 0.29) is 12.0 Å². The predicted octanol–water partition coefficient (Wildman–Crippen LogP) is 2.09. The van der Waals surface area contributed by atoms with E-state index in [4.69, 9.17) is 9.72 Å². The summed E-state index contributed by atoms with van der Waals surface area (Å²) < 4.78 is 6.83. The Labute approximate surface area is 133 Å². The Hall–Kier alpha value is -1.66. The van der Waals surface area contributed by atoms with Gasteiger partial charge in [0.05, 0.1) is 23.4 Å². The minimum absolute atomic E-state index is 0.0177. The second-order valence-electron chi connectivity index (χ2n) is 6.06. The first-order chi connectivity index (χ1) is 10.7. The van der Waals surface area contributed by atoms with Crippen molar-refractivity contribution in [3.05, 3.63) is 23.8 Å². The van der Waals surface area contributed by atoms with Crippen LogP contribution in [0, 0.1) is 6.92 Å². The molecule has 5 nitrogen and oxygen atoms in total. The van der Waals surface area contributed by atoms with Gasteiger partial charge in [-0.2, -0.15) is 0 Å². The molecule has 1 saturated heterocycles. The number of anilines is 1. The lowest BCUT2D eigenvalue weighted by molar-refractivity contribution is -0.133. The van der Waals surface area contributed by atoms with E-state index in [0.717, 1.165) is 30.0 Å². The van der Waals surface area contributed by atoms with Crippen LogP contribution in [-0.2, 0) is 9.53 Å². The maximum atomic E-state index is 12.2. The molecule has 6 heteroatoms. The Bertz CT molecular complexity index is 710. The highest BCUT2D eigenvalue weighted by molar-refractivity contribution is 7.22. The van der Waals surface area contributed by atoms with Gasteiger partial charge in [0.2, 0.25) is 0 Å². The van der Waals surface area contributed by atoms with E-state index >= 15 is 0 Å². The Morgan fingerprint density at radius 1 is 1.45 bits per heavy atom. The molecule has 0 bridgehead atoms. The second-order valence-corrected chi connectivity index (χ2v) is 7.07. The number of carbonyl (C=O) groups excluding carboxylic acids is 1. The molecule has 2 aromatic rings. The van der Waals surface area contributed by atoms with Crippen LogP contribution in [-0.4, -0.2) is 42.7 Å². The zero-order valence-electron chi connectivity index (χ0n) is 12.5. The normalized spacial score (nSPS) is 22.0. The van der Waals surface area contributed by atoms with Crippen LogP contribution in [0.5, 0.6) is 0 Å². The Morgan fingerprint density at radius 3 is 3.14 bits per heavy atom. The first-order valence-corrected chi connectivity index (χ1v) is 8.55. The monoisotopic (exact) mass is 317 g/mol. The quantitative estimate of drug-likeness (QED) is 0.942. The van der Waals surface area contributed by atoms with Gasteiger partial charge in [-0.15, -0.1) is 0 Å². The van der Waals surface area contributed by atoms with Gasteiger partial charge in [0.15, 0.2) is 11.2 Å². The lowest BCUT2D eigenvalue weighted by Gasteiger charge is -2.31. The van der Waals surface area contributed by atoms with Crippen molar-refractivity contribution >= 4 is 32.6 Å². The zero-order chi connectivity index (χ0) is 15.1. The fourth-order valence-electron chi connectivity index (χ4n) is 2.66. The van der Waals surface area contributed by atoms with Gasteiger partial charge in [-0.25, -0.2) is 4.98 Å². The van der Waals surface area contributed by atoms with Gasteiger partial charge in [-0.1, -0.05) is 17.4 Å². The predicted molar refractivity (Wildman–Crippen MR) is 87.5 cm³/mol. The summed E-state index contributed by atoms with van der Waals surface area (Å²) in [5, 5.41) is 4.00. The van der Waals surface area contributed by atoms with Crippen molar-refractivity contribution in [1.29, 1.82) is 0 Å². The smallest absolute Gasteiger partial charge is 0.251 e. The molecule has 1 saturated carbocycles. The molecule has 22 heavy (non-hydrogen) atoms. The number of benzene rings is 1. The molecule has 2 aliphatic rings. The number of nitrogens with zero attached hydrogens (tertiary/aromatic N) is 2. The molecule has 2 fully saturated rings. The number of aromatic nitrogens is 1. The molecule has 2 heterocycles. The van der Waals surface area contributed by atoms with Gasteiger partial charge < -0.3 is 15.0 Å². The summed E-state index contributed by atoms with van der Waals surface area (Å²) in [7, 11) is 0. The first-order valence-electron chi connectivity index (χ1n) is 7.73. The molecule has 1 aliphatic heterocycles. The van der Waals surface area contributed by atoms with Gasteiger partial charge in [0.1, 0.15) is 0 Å². The zero-order valence-corrected chi connectivity index (χ0v) is 13.4. The number of amides is 1. The van der Waals surface area contributed by atoms with E-state index in [1.807, 2.05) is 0 Å². The van der Waals surface area contributed by atoms with E-state index in [0.29, 0.717) is 19.2 Å². The number of hydrogen-bond donors (Lipinski definition) is 1. The Balaban J connectivity index is 1.51. The number of nitrogens with one attached hydrogen (secondary N) is 1. The largest absolute Gasteiger partial charge is 0.365 e. The molecule has 1 aromatic carbocycles.